The highest BCUT2D eigenvalue weighted by molar-refractivity contribution is 5.78. The Morgan fingerprint density at radius 3 is 2.63 bits per heavy atom. The first-order valence-corrected chi connectivity index (χ1v) is 13.8. The minimum Gasteiger partial charge on any atom is -0.379 e. The number of nitrogens with zero attached hydrogens (tertiary/aromatic N) is 2. The molecule has 1 saturated heterocycles. The van der Waals surface area contributed by atoms with E-state index < -0.39 is 0 Å². The Morgan fingerprint density at radius 2 is 1.91 bits per heavy atom. The molecule has 35 heavy (non-hydrogen) atoms. The van der Waals surface area contributed by atoms with Gasteiger partial charge in [0.05, 0.1) is 13.2 Å². The molecule has 1 aromatic rings. The number of morpholine rings is 1. The van der Waals surface area contributed by atoms with Gasteiger partial charge in [0.25, 0.3) is 0 Å². The summed E-state index contributed by atoms with van der Waals surface area (Å²) in [5.41, 5.74) is 11.1. The van der Waals surface area contributed by atoms with Crippen LogP contribution in [0.25, 0.3) is 5.70 Å². The third-order valence-electron chi connectivity index (χ3n) is 8.95. The molecule has 1 aliphatic carbocycles. The average Bonchev–Trinajstić information content (AvgIpc) is 3.17. The van der Waals surface area contributed by atoms with Gasteiger partial charge in [-0.05, 0) is 103 Å². The van der Waals surface area contributed by atoms with Crippen LogP contribution >= 0.6 is 0 Å². The minimum atomic E-state index is 0.276. The molecule has 3 aliphatic heterocycles. The molecule has 188 valence electrons. The minimum absolute atomic E-state index is 0.276. The third kappa shape index (κ3) is 4.58. The van der Waals surface area contributed by atoms with E-state index in [9.17, 15) is 0 Å². The Labute approximate surface area is 213 Å². The highest BCUT2D eigenvalue weighted by Gasteiger charge is 2.50. The Kier molecular flexibility index (Phi) is 6.85. The van der Waals surface area contributed by atoms with Gasteiger partial charge in [0.2, 0.25) is 0 Å². The fourth-order valence-corrected chi connectivity index (χ4v) is 6.99. The van der Waals surface area contributed by atoms with Crippen molar-refractivity contribution in [3.8, 4) is 0 Å². The smallest absolute Gasteiger partial charge is 0.0594 e. The lowest BCUT2D eigenvalue weighted by Crippen LogP contribution is -2.45. The lowest BCUT2D eigenvalue weighted by molar-refractivity contribution is 0.0372. The summed E-state index contributed by atoms with van der Waals surface area (Å²) in [6, 6.07) is 5.63. The average molecular weight is 473 g/mol. The standard InChI is InChI=1S/C32H44N2O/c1-7-24-19-28-27(20-25(24)10-8-9-13-33-14-16-35-17-15-33)26-11-12-32(5,6)31(26)34-21-29(22(2)3)23(4)18-30(28)34/h18-21,26,31H,2,4,7-17H2,1,3,5-6H3. The zero-order valence-electron chi connectivity index (χ0n) is 22.5. The number of hydrogen-bond acceptors (Lipinski definition) is 3. The van der Waals surface area contributed by atoms with Crippen LogP contribution in [0.5, 0.6) is 0 Å². The van der Waals surface area contributed by atoms with Crippen LogP contribution in [0.3, 0.4) is 0 Å². The quantitative estimate of drug-likeness (QED) is 0.403. The Hall–Kier alpha value is -2.10. The predicted octanol–water partition coefficient (Wildman–Crippen LogP) is 6.86. The summed E-state index contributed by atoms with van der Waals surface area (Å²) < 4.78 is 5.51. The maximum absolute atomic E-state index is 5.51. The summed E-state index contributed by atoms with van der Waals surface area (Å²) in [6.45, 7) is 23.2. The van der Waals surface area contributed by atoms with Crippen LogP contribution in [-0.4, -0.2) is 48.7 Å². The fourth-order valence-electron chi connectivity index (χ4n) is 6.99. The second-order valence-electron chi connectivity index (χ2n) is 11.8. The number of allylic oxidation sites excluding steroid dienone is 4. The summed E-state index contributed by atoms with van der Waals surface area (Å²) in [5.74, 6) is 0.587. The van der Waals surface area contributed by atoms with Crippen LogP contribution in [0.2, 0.25) is 0 Å². The molecule has 5 rings (SSSR count). The van der Waals surface area contributed by atoms with E-state index in [1.165, 1.54) is 61.0 Å². The predicted molar refractivity (Wildman–Crippen MR) is 147 cm³/mol. The number of benzene rings is 1. The summed E-state index contributed by atoms with van der Waals surface area (Å²) in [5, 5.41) is 0. The molecule has 0 amide bonds. The SMILES string of the molecule is C=C(C)C1=CN2C(=CC1=C)c1cc(CC)c(CCCCN3CCOCC3)cc1C1CCC(C)(C)C12. The van der Waals surface area contributed by atoms with E-state index in [1.54, 1.807) is 11.1 Å². The maximum atomic E-state index is 5.51. The Bertz CT molecular complexity index is 1070. The van der Waals surface area contributed by atoms with Crippen molar-refractivity contribution in [1.29, 1.82) is 0 Å². The molecule has 0 bridgehead atoms. The van der Waals surface area contributed by atoms with Crippen molar-refractivity contribution < 1.29 is 4.74 Å². The highest BCUT2D eigenvalue weighted by Crippen LogP contribution is 2.56. The van der Waals surface area contributed by atoms with Gasteiger partial charge < -0.3 is 9.64 Å². The number of rotatable bonds is 7. The van der Waals surface area contributed by atoms with Gasteiger partial charge in [-0.15, -0.1) is 0 Å². The van der Waals surface area contributed by atoms with Crippen LogP contribution in [0.1, 0.15) is 81.5 Å². The number of aryl methyl sites for hydroxylation is 2. The molecule has 3 nitrogen and oxygen atoms in total. The number of fused-ring (bicyclic) bond motifs is 6. The molecule has 4 aliphatic rings. The largest absolute Gasteiger partial charge is 0.379 e. The van der Waals surface area contributed by atoms with E-state index >= 15 is 0 Å². The fraction of sp³-hybridized carbons (Fsp3) is 0.562. The van der Waals surface area contributed by atoms with Crippen molar-refractivity contribution in [2.24, 2.45) is 5.41 Å². The van der Waals surface area contributed by atoms with Crippen LogP contribution in [0.15, 0.2) is 54.3 Å². The second kappa shape index (κ2) is 9.75. The molecule has 0 spiro atoms. The van der Waals surface area contributed by atoms with Crippen LogP contribution in [0.4, 0.5) is 0 Å². The molecule has 1 aromatic carbocycles. The van der Waals surface area contributed by atoms with Gasteiger partial charge in [0.15, 0.2) is 0 Å². The number of unbranched alkanes of at least 4 members (excludes halogenated alkanes) is 1. The van der Waals surface area contributed by atoms with Gasteiger partial charge in [-0.3, -0.25) is 4.90 Å². The molecule has 3 heterocycles. The van der Waals surface area contributed by atoms with Gasteiger partial charge in [0, 0.05) is 42.5 Å². The third-order valence-corrected chi connectivity index (χ3v) is 8.95. The number of ether oxygens (including phenoxy) is 1. The first kappa shape index (κ1) is 24.6. The van der Waals surface area contributed by atoms with Gasteiger partial charge in [-0.25, -0.2) is 0 Å². The molecule has 2 unspecified atom stereocenters. The molecule has 0 N–H and O–H groups in total. The van der Waals surface area contributed by atoms with Gasteiger partial charge in [-0.1, -0.05) is 40.0 Å². The maximum Gasteiger partial charge on any atom is 0.0594 e. The van der Waals surface area contributed by atoms with Crippen molar-refractivity contribution in [3.63, 3.8) is 0 Å². The van der Waals surface area contributed by atoms with E-state index in [4.69, 9.17) is 4.74 Å². The zero-order valence-corrected chi connectivity index (χ0v) is 22.5. The van der Waals surface area contributed by atoms with Gasteiger partial charge in [0.1, 0.15) is 0 Å². The topological polar surface area (TPSA) is 15.7 Å². The molecule has 0 aromatic heterocycles. The normalized spacial score (nSPS) is 25.5. The van der Waals surface area contributed by atoms with Crippen molar-refractivity contribution in [1.82, 2.24) is 9.80 Å². The molecule has 3 heteroatoms. The summed E-state index contributed by atoms with van der Waals surface area (Å²) in [7, 11) is 0. The Balaban J connectivity index is 1.45. The monoisotopic (exact) mass is 472 g/mol. The van der Waals surface area contributed by atoms with E-state index in [1.807, 2.05) is 0 Å². The van der Waals surface area contributed by atoms with E-state index in [2.05, 4.69) is 75.1 Å². The van der Waals surface area contributed by atoms with Crippen molar-refractivity contribution in [2.75, 3.05) is 32.8 Å². The highest BCUT2D eigenvalue weighted by atomic mass is 16.5. The van der Waals surface area contributed by atoms with Crippen molar-refractivity contribution in [2.45, 2.75) is 78.2 Å². The lowest BCUT2D eigenvalue weighted by atomic mass is 9.74. The summed E-state index contributed by atoms with van der Waals surface area (Å²) >= 11 is 0. The first-order valence-electron chi connectivity index (χ1n) is 13.8. The zero-order chi connectivity index (χ0) is 24.7. The van der Waals surface area contributed by atoms with E-state index in [-0.39, 0.29) is 5.41 Å². The second-order valence-corrected chi connectivity index (χ2v) is 11.8. The first-order chi connectivity index (χ1) is 16.8. The van der Waals surface area contributed by atoms with Crippen LogP contribution < -0.4 is 0 Å². The summed E-state index contributed by atoms with van der Waals surface area (Å²) in [4.78, 5) is 5.16. The summed E-state index contributed by atoms with van der Waals surface area (Å²) in [6.07, 6.45) is 12.0. The van der Waals surface area contributed by atoms with Crippen molar-refractivity contribution >= 4 is 5.70 Å². The van der Waals surface area contributed by atoms with Crippen LogP contribution in [-0.2, 0) is 17.6 Å². The van der Waals surface area contributed by atoms with Gasteiger partial charge in [-0.2, -0.15) is 0 Å². The number of hydrogen-bond donors (Lipinski definition) is 0. The molecular weight excluding hydrogens is 428 g/mol. The molecule has 1 saturated carbocycles. The molecule has 2 fully saturated rings. The molecule has 0 radical (unpaired) electrons. The lowest BCUT2D eigenvalue weighted by Gasteiger charge is -2.48. The van der Waals surface area contributed by atoms with Crippen molar-refractivity contribution in [3.05, 3.63) is 76.5 Å². The Morgan fingerprint density at radius 1 is 1.14 bits per heavy atom. The molecule has 2 atom stereocenters. The molecular formula is C32H44N2O. The van der Waals surface area contributed by atoms with Gasteiger partial charge >= 0.3 is 0 Å². The van der Waals surface area contributed by atoms with E-state index in [0.717, 1.165) is 43.9 Å². The van der Waals surface area contributed by atoms with E-state index in [0.29, 0.717) is 12.0 Å². The van der Waals surface area contributed by atoms with Crippen LogP contribution in [0, 0.1) is 5.41 Å².